The molecule has 90 valence electrons. The van der Waals surface area contributed by atoms with E-state index in [9.17, 15) is 0 Å². The van der Waals surface area contributed by atoms with Gasteiger partial charge >= 0.3 is 0 Å². The Bertz CT molecular complexity index is 538. The van der Waals surface area contributed by atoms with Gasteiger partial charge in [-0.25, -0.2) is 4.98 Å². The van der Waals surface area contributed by atoms with Crippen LogP contribution in [-0.2, 0) is 6.54 Å². The Labute approximate surface area is 102 Å². The molecule has 1 aromatic heterocycles. The minimum atomic E-state index is 0.661. The number of nitrogens with zero attached hydrogens (tertiary/aromatic N) is 2. The normalized spacial score (nSPS) is 16.3. The molecule has 2 N–H and O–H groups in total. The topological polar surface area (TPSA) is 43.8 Å². The number of aromatic nitrogens is 2. The van der Waals surface area contributed by atoms with Gasteiger partial charge in [-0.2, -0.15) is 0 Å². The number of rotatable bonds is 3. The van der Waals surface area contributed by atoms with Crippen LogP contribution in [0.5, 0.6) is 0 Å². The first-order chi connectivity index (χ1) is 8.25. The van der Waals surface area contributed by atoms with Crippen LogP contribution >= 0.6 is 0 Å². The highest BCUT2D eigenvalue weighted by Gasteiger charge is 2.18. The maximum Gasteiger partial charge on any atom is 0.201 e. The molecule has 1 aliphatic carbocycles. The van der Waals surface area contributed by atoms with Crippen LogP contribution < -0.4 is 5.73 Å². The maximum atomic E-state index is 6.02. The molecule has 0 atom stereocenters. The van der Waals surface area contributed by atoms with Crippen LogP contribution in [0.15, 0.2) is 18.2 Å². The summed E-state index contributed by atoms with van der Waals surface area (Å²) in [5.74, 6) is 1.57. The average Bonchev–Trinajstić information content (AvgIpc) is 2.55. The summed E-state index contributed by atoms with van der Waals surface area (Å²) in [6, 6.07) is 6.29. The molecule has 3 rings (SSSR count). The minimum Gasteiger partial charge on any atom is -0.369 e. The zero-order valence-electron chi connectivity index (χ0n) is 10.3. The van der Waals surface area contributed by atoms with Crippen molar-refractivity contribution in [2.45, 2.75) is 39.2 Å². The van der Waals surface area contributed by atoms with E-state index in [0.29, 0.717) is 5.95 Å². The Hall–Kier alpha value is -1.51. The Morgan fingerprint density at radius 3 is 2.94 bits per heavy atom. The van der Waals surface area contributed by atoms with E-state index in [2.05, 4.69) is 34.7 Å². The van der Waals surface area contributed by atoms with Gasteiger partial charge in [-0.3, -0.25) is 0 Å². The summed E-state index contributed by atoms with van der Waals surface area (Å²) >= 11 is 0. The molecule has 1 saturated carbocycles. The van der Waals surface area contributed by atoms with E-state index in [1.807, 2.05) is 0 Å². The van der Waals surface area contributed by atoms with Gasteiger partial charge in [0.15, 0.2) is 0 Å². The van der Waals surface area contributed by atoms with Crippen molar-refractivity contribution in [2.75, 3.05) is 5.73 Å². The quantitative estimate of drug-likeness (QED) is 0.878. The molecule has 0 aliphatic heterocycles. The summed E-state index contributed by atoms with van der Waals surface area (Å²) in [5, 5.41) is 0. The number of hydrogen-bond donors (Lipinski definition) is 1. The third-order valence-corrected chi connectivity index (χ3v) is 4.00. The van der Waals surface area contributed by atoms with Gasteiger partial charge in [0, 0.05) is 6.54 Å². The molecule has 1 heterocycles. The van der Waals surface area contributed by atoms with Crippen molar-refractivity contribution < 1.29 is 0 Å². The largest absolute Gasteiger partial charge is 0.369 e. The number of imidazole rings is 1. The summed E-state index contributed by atoms with van der Waals surface area (Å²) in [6.45, 7) is 3.10. The van der Waals surface area contributed by atoms with Crippen LogP contribution in [0.3, 0.4) is 0 Å². The predicted octanol–water partition coefficient (Wildman–Crippen LogP) is 3.12. The summed E-state index contributed by atoms with van der Waals surface area (Å²) in [7, 11) is 0. The molecule has 0 spiro atoms. The highest BCUT2D eigenvalue weighted by atomic mass is 15.1. The number of fused-ring (bicyclic) bond motifs is 1. The van der Waals surface area contributed by atoms with Gasteiger partial charge in [0.2, 0.25) is 5.95 Å². The third kappa shape index (κ3) is 1.79. The number of anilines is 1. The van der Waals surface area contributed by atoms with Gasteiger partial charge in [0.1, 0.15) is 0 Å². The molecule has 1 fully saturated rings. The summed E-state index contributed by atoms with van der Waals surface area (Å²) in [4.78, 5) is 4.48. The highest BCUT2D eigenvalue weighted by Crippen LogP contribution is 2.31. The number of hydrogen-bond acceptors (Lipinski definition) is 2. The van der Waals surface area contributed by atoms with E-state index in [1.54, 1.807) is 0 Å². The van der Waals surface area contributed by atoms with Crippen LogP contribution in [0.1, 0.15) is 31.2 Å². The Balaban J connectivity index is 1.91. The van der Waals surface area contributed by atoms with Gasteiger partial charge in [-0.15, -0.1) is 0 Å². The predicted molar refractivity (Wildman–Crippen MR) is 70.8 cm³/mol. The molecule has 3 nitrogen and oxygen atoms in total. The monoisotopic (exact) mass is 229 g/mol. The fraction of sp³-hybridized carbons (Fsp3) is 0.500. The smallest absolute Gasteiger partial charge is 0.201 e. The second kappa shape index (κ2) is 4.06. The molecule has 0 bridgehead atoms. The lowest BCUT2D eigenvalue weighted by Crippen LogP contribution is -2.14. The molecular weight excluding hydrogens is 210 g/mol. The zero-order chi connectivity index (χ0) is 11.8. The fourth-order valence-corrected chi connectivity index (χ4v) is 2.63. The van der Waals surface area contributed by atoms with E-state index in [4.69, 9.17) is 5.73 Å². The summed E-state index contributed by atoms with van der Waals surface area (Å²) in [5.41, 5.74) is 9.46. The Morgan fingerprint density at radius 2 is 2.24 bits per heavy atom. The Morgan fingerprint density at radius 1 is 1.41 bits per heavy atom. The highest BCUT2D eigenvalue weighted by molar-refractivity contribution is 5.81. The van der Waals surface area contributed by atoms with Crippen LogP contribution in [0.25, 0.3) is 11.0 Å². The molecule has 17 heavy (non-hydrogen) atoms. The van der Waals surface area contributed by atoms with E-state index < -0.39 is 0 Å². The number of benzene rings is 1. The number of nitrogens with two attached hydrogens (primary N) is 1. The first kappa shape index (κ1) is 10.6. The van der Waals surface area contributed by atoms with Crippen LogP contribution in [0.2, 0.25) is 0 Å². The zero-order valence-corrected chi connectivity index (χ0v) is 10.3. The van der Waals surface area contributed by atoms with Crippen LogP contribution in [-0.4, -0.2) is 9.55 Å². The van der Waals surface area contributed by atoms with Crippen molar-refractivity contribution in [2.24, 2.45) is 5.92 Å². The van der Waals surface area contributed by atoms with E-state index >= 15 is 0 Å². The van der Waals surface area contributed by atoms with Crippen molar-refractivity contribution in [3.05, 3.63) is 23.8 Å². The molecule has 0 unspecified atom stereocenters. The average molecular weight is 229 g/mol. The van der Waals surface area contributed by atoms with Gasteiger partial charge in [-0.05, 0) is 30.9 Å². The van der Waals surface area contributed by atoms with Crippen LogP contribution in [0.4, 0.5) is 5.95 Å². The van der Waals surface area contributed by atoms with Crippen molar-refractivity contribution in [3.63, 3.8) is 0 Å². The molecule has 1 aromatic carbocycles. The molecule has 2 aromatic rings. The molecule has 0 saturated heterocycles. The van der Waals surface area contributed by atoms with Crippen LogP contribution in [0, 0.1) is 12.8 Å². The Kier molecular flexibility index (Phi) is 2.54. The lowest BCUT2D eigenvalue weighted by molar-refractivity contribution is 0.284. The maximum absolute atomic E-state index is 6.02. The van der Waals surface area contributed by atoms with E-state index in [-0.39, 0.29) is 0 Å². The van der Waals surface area contributed by atoms with Gasteiger partial charge in [0.05, 0.1) is 11.0 Å². The standard InChI is InChI=1S/C14H19N3/c1-10-4-2-7-12-13(10)16-14(15)17(12)9-8-11-5-3-6-11/h2,4,7,11H,3,5-6,8-9H2,1H3,(H2,15,16). The van der Waals surface area contributed by atoms with E-state index in [0.717, 1.165) is 18.0 Å². The molecule has 3 heteroatoms. The van der Waals surface area contributed by atoms with Crippen molar-refractivity contribution in [1.29, 1.82) is 0 Å². The molecule has 0 radical (unpaired) electrons. The first-order valence-electron chi connectivity index (χ1n) is 6.47. The second-order valence-electron chi connectivity index (χ2n) is 5.15. The lowest BCUT2D eigenvalue weighted by atomic mass is 9.83. The lowest BCUT2D eigenvalue weighted by Gasteiger charge is -2.25. The minimum absolute atomic E-state index is 0.661. The molecule has 1 aliphatic rings. The van der Waals surface area contributed by atoms with Crippen molar-refractivity contribution >= 4 is 17.0 Å². The van der Waals surface area contributed by atoms with Crippen molar-refractivity contribution in [1.82, 2.24) is 9.55 Å². The summed E-state index contributed by atoms with van der Waals surface area (Å²) in [6.07, 6.45) is 5.44. The second-order valence-corrected chi connectivity index (χ2v) is 5.15. The number of aryl methyl sites for hydroxylation is 2. The SMILES string of the molecule is Cc1cccc2c1nc(N)n2CCC1CCC1. The van der Waals surface area contributed by atoms with Gasteiger partial charge < -0.3 is 10.3 Å². The molecular formula is C14H19N3. The summed E-state index contributed by atoms with van der Waals surface area (Å²) < 4.78 is 2.17. The number of nitrogen functional groups attached to an aromatic ring is 1. The third-order valence-electron chi connectivity index (χ3n) is 4.00. The van der Waals surface area contributed by atoms with E-state index in [1.165, 1.54) is 36.8 Å². The number of para-hydroxylation sites is 1. The first-order valence-corrected chi connectivity index (χ1v) is 6.47. The van der Waals surface area contributed by atoms with Gasteiger partial charge in [-0.1, -0.05) is 31.4 Å². The van der Waals surface area contributed by atoms with Crippen molar-refractivity contribution in [3.8, 4) is 0 Å². The fourth-order valence-electron chi connectivity index (χ4n) is 2.63. The van der Waals surface area contributed by atoms with Gasteiger partial charge in [0.25, 0.3) is 0 Å². The molecule has 0 amide bonds.